The van der Waals surface area contributed by atoms with Crippen molar-refractivity contribution in [2.75, 3.05) is 33.8 Å². The molecule has 0 radical (unpaired) electrons. The Kier molecular flexibility index (Phi) is 10.4. The Morgan fingerprint density at radius 3 is 1.26 bits per heavy atom. The van der Waals surface area contributed by atoms with E-state index >= 15 is 0 Å². The summed E-state index contributed by atoms with van der Waals surface area (Å²) in [6.07, 6.45) is 2.11. The molecule has 0 spiro atoms. The summed E-state index contributed by atoms with van der Waals surface area (Å²) in [4.78, 5) is 22.7. The molecule has 0 saturated carbocycles. The molecule has 39 heavy (non-hydrogen) atoms. The average molecular weight is 587 g/mol. The molecular formula is C27H38O10S2. The molecule has 0 unspecified atom stereocenters. The van der Waals surface area contributed by atoms with Crippen LogP contribution in [0.2, 0.25) is 0 Å². The van der Waals surface area contributed by atoms with Gasteiger partial charge in [0, 0.05) is 23.6 Å². The van der Waals surface area contributed by atoms with E-state index < -0.39 is 37.0 Å². The van der Waals surface area contributed by atoms with Crippen molar-refractivity contribution in [1.29, 1.82) is 0 Å². The predicted octanol–water partition coefficient (Wildman–Crippen LogP) is 4.28. The zero-order valence-corrected chi connectivity index (χ0v) is 25.9. The Labute approximate surface area is 231 Å². The van der Waals surface area contributed by atoms with E-state index in [2.05, 4.69) is 4.74 Å². The fourth-order valence-electron chi connectivity index (χ4n) is 3.65. The molecule has 0 amide bonds. The molecule has 0 aliphatic rings. The lowest BCUT2D eigenvalue weighted by Gasteiger charge is -2.24. The van der Waals surface area contributed by atoms with Gasteiger partial charge in [0.2, 0.25) is 0 Å². The number of sulfone groups is 2. The molecular weight excluding hydrogens is 548 g/mol. The third-order valence-electron chi connectivity index (χ3n) is 5.60. The molecule has 0 bridgehead atoms. The van der Waals surface area contributed by atoms with Gasteiger partial charge in [-0.2, -0.15) is 0 Å². The predicted molar refractivity (Wildman–Crippen MR) is 148 cm³/mol. The van der Waals surface area contributed by atoms with Gasteiger partial charge in [0.05, 0.1) is 32.5 Å². The summed E-state index contributed by atoms with van der Waals surface area (Å²) in [5.74, 6) is -1.27. The van der Waals surface area contributed by atoms with E-state index in [1.807, 2.05) is 41.5 Å². The molecule has 0 aliphatic heterocycles. The lowest BCUT2D eigenvalue weighted by Crippen LogP contribution is -2.17. The number of aromatic carboxylic acids is 1. The number of carboxylic acid groups (broad SMARTS) is 1. The largest absolute Gasteiger partial charge is 0.495 e. The van der Waals surface area contributed by atoms with Crippen LogP contribution in [0.25, 0.3) is 0 Å². The van der Waals surface area contributed by atoms with Crippen molar-refractivity contribution in [2.45, 2.75) is 62.2 Å². The van der Waals surface area contributed by atoms with Crippen LogP contribution in [0.5, 0.6) is 11.5 Å². The van der Waals surface area contributed by atoms with Crippen LogP contribution in [0.3, 0.4) is 0 Å². The first-order valence-corrected chi connectivity index (χ1v) is 15.5. The van der Waals surface area contributed by atoms with E-state index in [4.69, 9.17) is 14.6 Å². The number of carbonyl (C=O) groups excluding carboxylic acids is 1. The summed E-state index contributed by atoms with van der Waals surface area (Å²) < 4.78 is 62.6. The molecule has 0 fully saturated rings. The maximum absolute atomic E-state index is 11.9. The quantitative estimate of drug-likeness (QED) is 0.486. The van der Waals surface area contributed by atoms with Gasteiger partial charge in [-0.1, -0.05) is 41.5 Å². The second-order valence-electron chi connectivity index (χ2n) is 11.0. The highest BCUT2D eigenvalue weighted by atomic mass is 32.2. The molecule has 0 aliphatic carbocycles. The lowest BCUT2D eigenvalue weighted by atomic mass is 9.85. The van der Waals surface area contributed by atoms with Gasteiger partial charge in [-0.25, -0.2) is 26.4 Å². The minimum Gasteiger partial charge on any atom is -0.495 e. The van der Waals surface area contributed by atoms with Crippen LogP contribution in [0.15, 0.2) is 34.1 Å². The third-order valence-corrected chi connectivity index (χ3v) is 7.81. The number of rotatable bonds is 6. The summed E-state index contributed by atoms with van der Waals surface area (Å²) in [7, 11) is -3.06. The number of carbonyl (C=O) groups is 2. The number of hydrogen-bond acceptors (Lipinski definition) is 9. The summed E-state index contributed by atoms with van der Waals surface area (Å²) in [5.41, 5.74) is 0.508. The molecule has 0 heterocycles. The molecule has 218 valence electrons. The molecule has 1 N–H and O–H groups in total. The van der Waals surface area contributed by atoms with Crippen LogP contribution in [0, 0.1) is 0 Å². The van der Waals surface area contributed by atoms with Crippen LogP contribution >= 0.6 is 0 Å². The number of benzene rings is 2. The highest BCUT2D eigenvalue weighted by molar-refractivity contribution is 7.91. The molecule has 0 atom stereocenters. The van der Waals surface area contributed by atoms with Gasteiger partial charge in [-0.05, 0) is 35.1 Å². The van der Waals surface area contributed by atoms with Crippen molar-refractivity contribution in [2.24, 2.45) is 0 Å². The van der Waals surface area contributed by atoms with Crippen molar-refractivity contribution in [3.63, 3.8) is 0 Å². The minimum absolute atomic E-state index is 0.00664. The molecule has 2 rings (SSSR count). The van der Waals surface area contributed by atoms with Crippen molar-refractivity contribution >= 4 is 31.6 Å². The first kappa shape index (κ1) is 33.9. The van der Waals surface area contributed by atoms with E-state index in [9.17, 15) is 26.4 Å². The first-order valence-electron chi connectivity index (χ1n) is 11.7. The zero-order valence-electron chi connectivity index (χ0n) is 24.2. The van der Waals surface area contributed by atoms with Gasteiger partial charge in [0.1, 0.15) is 21.3 Å². The Hall–Kier alpha value is -3.12. The van der Waals surface area contributed by atoms with Crippen molar-refractivity contribution in [1.82, 2.24) is 0 Å². The van der Waals surface area contributed by atoms with E-state index in [-0.39, 0.29) is 37.8 Å². The highest BCUT2D eigenvalue weighted by Crippen LogP contribution is 2.38. The molecule has 2 aromatic rings. The van der Waals surface area contributed by atoms with Gasteiger partial charge in [0.25, 0.3) is 0 Å². The van der Waals surface area contributed by atoms with Gasteiger partial charge < -0.3 is 19.3 Å². The lowest BCUT2D eigenvalue weighted by molar-refractivity contribution is 0.0599. The maximum Gasteiger partial charge on any atom is 0.337 e. The highest BCUT2D eigenvalue weighted by Gasteiger charge is 2.29. The summed E-state index contributed by atoms with van der Waals surface area (Å²) in [6, 6.07) is 5.48. The van der Waals surface area contributed by atoms with Crippen LogP contribution in [0.1, 0.15) is 73.4 Å². The topological polar surface area (TPSA) is 150 Å². The van der Waals surface area contributed by atoms with E-state index in [0.29, 0.717) is 11.1 Å². The monoisotopic (exact) mass is 586 g/mol. The second-order valence-corrected chi connectivity index (χ2v) is 14.9. The smallest absolute Gasteiger partial charge is 0.337 e. The van der Waals surface area contributed by atoms with Crippen molar-refractivity contribution in [3.8, 4) is 11.5 Å². The Morgan fingerprint density at radius 2 is 1.00 bits per heavy atom. The van der Waals surface area contributed by atoms with Gasteiger partial charge in [0.15, 0.2) is 19.7 Å². The van der Waals surface area contributed by atoms with E-state index in [0.717, 1.165) is 18.6 Å². The standard InChI is InChI=1S/C14H20O5S.C13H18O5S/c1-14(2,3)10-7-9(13(15)19-5)8-11(12(10)18-4)20(6,16)17;1-13(2,3)9-6-8(12(14)15)7-10(11(9)18-4)19(5,16)17/h7-8H,1-6H3;6-7H,1-5H3,(H,14,15). The average Bonchev–Trinajstić information content (AvgIpc) is 2.79. The van der Waals surface area contributed by atoms with Crippen LogP contribution in [0.4, 0.5) is 0 Å². The Bertz CT molecular complexity index is 1460. The molecule has 0 aromatic heterocycles. The third kappa shape index (κ3) is 8.43. The maximum atomic E-state index is 11.9. The van der Waals surface area contributed by atoms with Gasteiger partial charge in [-0.15, -0.1) is 0 Å². The normalized spacial score (nSPS) is 12.2. The van der Waals surface area contributed by atoms with E-state index in [1.54, 1.807) is 6.07 Å². The van der Waals surface area contributed by atoms with Crippen LogP contribution in [-0.4, -0.2) is 67.7 Å². The number of hydrogen-bond donors (Lipinski definition) is 1. The minimum atomic E-state index is -3.57. The van der Waals surface area contributed by atoms with Gasteiger partial charge >= 0.3 is 11.9 Å². The molecule has 10 nitrogen and oxygen atoms in total. The fraction of sp³-hybridized carbons (Fsp3) is 0.481. The fourth-order valence-corrected chi connectivity index (χ4v) is 5.39. The van der Waals surface area contributed by atoms with Crippen molar-refractivity contribution < 1.29 is 45.7 Å². The van der Waals surface area contributed by atoms with Gasteiger partial charge in [-0.3, -0.25) is 0 Å². The molecule has 12 heteroatoms. The van der Waals surface area contributed by atoms with Crippen molar-refractivity contribution in [3.05, 3.63) is 46.5 Å². The number of carboxylic acids is 1. The van der Waals surface area contributed by atoms with E-state index in [1.165, 1.54) is 33.5 Å². The molecule has 2 aromatic carbocycles. The zero-order chi connectivity index (χ0) is 30.7. The Balaban J connectivity index is 0.000000391. The molecule has 0 saturated heterocycles. The number of esters is 1. The Morgan fingerprint density at radius 1 is 0.667 bits per heavy atom. The summed E-state index contributed by atoms with van der Waals surface area (Å²) in [5, 5.41) is 9.09. The second kappa shape index (κ2) is 12.0. The summed E-state index contributed by atoms with van der Waals surface area (Å²) >= 11 is 0. The number of ether oxygens (including phenoxy) is 3. The van der Waals surface area contributed by atoms with Crippen LogP contribution < -0.4 is 9.47 Å². The first-order chi connectivity index (χ1) is 17.5. The van der Waals surface area contributed by atoms with Crippen LogP contribution in [-0.2, 0) is 35.2 Å². The number of methoxy groups -OCH3 is 3. The summed E-state index contributed by atoms with van der Waals surface area (Å²) in [6.45, 7) is 11.3. The SMILES string of the molecule is COC(=O)c1cc(C(C)(C)C)c(OC)c(S(C)(=O)=O)c1.COc1c(C(C)(C)C)cc(C(=O)O)cc1S(C)(=O)=O.